The van der Waals surface area contributed by atoms with E-state index in [4.69, 9.17) is 11.0 Å². The van der Waals surface area contributed by atoms with Crippen molar-refractivity contribution in [2.75, 3.05) is 0 Å². The first kappa shape index (κ1) is 26.7. The average molecular weight is 581 g/mol. The Morgan fingerprint density at radius 1 is 0.578 bits per heavy atom. The monoisotopic (exact) mass is 580 g/mol. The van der Waals surface area contributed by atoms with Gasteiger partial charge < -0.3 is 8.98 Å². The molecule has 45 heavy (non-hydrogen) atoms. The first-order valence-electron chi connectivity index (χ1n) is 15.0. The summed E-state index contributed by atoms with van der Waals surface area (Å²) in [6, 6.07) is 38.6. The second-order valence-electron chi connectivity index (χ2n) is 11.8. The van der Waals surface area contributed by atoms with E-state index < -0.39 is 0 Å². The van der Waals surface area contributed by atoms with Crippen LogP contribution in [0, 0.1) is 27.3 Å². The number of fused-ring (bicyclic) bond motifs is 5. The number of para-hydroxylation sites is 3. The molecule has 8 rings (SSSR count). The fourth-order valence-electron chi connectivity index (χ4n) is 6.82. The molecule has 4 heteroatoms. The van der Waals surface area contributed by atoms with E-state index >= 15 is 0 Å². The Balaban J connectivity index is 1.29. The number of benzene rings is 6. The van der Waals surface area contributed by atoms with Gasteiger partial charge in [-0.1, -0.05) is 78.9 Å². The van der Waals surface area contributed by atoms with E-state index in [9.17, 15) is 4.79 Å². The van der Waals surface area contributed by atoms with Crippen LogP contribution in [-0.2, 0) is 0 Å². The van der Waals surface area contributed by atoms with Crippen molar-refractivity contribution in [3.8, 4) is 27.9 Å². The number of aromatic nitrogens is 1. The molecule has 2 heterocycles. The SMILES string of the molecule is [C-]#[N+]c1ccccc1-c1cc2oc3ccc(-c4cccc(-n5c6c(C)cccc6c6cccc(C)c65)c4)cc3c(=O)c2cc1C. The van der Waals surface area contributed by atoms with Gasteiger partial charge in [0.05, 0.1) is 28.4 Å². The highest BCUT2D eigenvalue weighted by Crippen LogP contribution is 2.38. The molecule has 6 aromatic carbocycles. The van der Waals surface area contributed by atoms with Crippen molar-refractivity contribution < 1.29 is 4.42 Å². The van der Waals surface area contributed by atoms with Gasteiger partial charge in [0.15, 0.2) is 5.69 Å². The van der Waals surface area contributed by atoms with E-state index in [1.165, 1.54) is 32.9 Å². The maximum Gasteiger partial charge on any atom is 0.200 e. The molecule has 0 amide bonds. The molecule has 0 fully saturated rings. The fourth-order valence-corrected chi connectivity index (χ4v) is 6.82. The fraction of sp³-hybridized carbons (Fsp3) is 0.0732. The van der Waals surface area contributed by atoms with Gasteiger partial charge in [0.25, 0.3) is 0 Å². The van der Waals surface area contributed by atoms with Gasteiger partial charge in [-0.05, 0) is 96.1 Å². The molecule has 0 N–H and O–H groups in total. The smallest absolute Gasteiger partial charge is 0.200 e. The van der Waals surface area contributed by atoms with Gasteiger partial charge in [-0.15, -0.1) is 0 Å². The van der Waals surface area contributed by atoms with Crippen LogP contribution >= 0.6 is 0 Å². The number of hydrogen-bond acceptors (Lipinski definition) is 2. The minimum absolute atomic E-state index is 0.0639. The Morgan fingerprint density at radius 3 is 1.98 bits per heavy atom. The average Bonchev–Trinajstić information content (AvgIpc) is 3.42. The largest absolute Gasteiger partial charge is 0.456 e. The third-order valence-corrected chi connectivity index (χ3v) is 8.98. The topological polar surface area (TPSA) is 39.5 Å². The molecule has 8 aromatic rings. The lowest BCUT2D eigenvalue weighted by molar-refractivity contribution is 0.660. The van der Waals surface area contributed by atoms with E-state index in [0.29, 0.717) is 27.6 Å². The highest BCUT2D eigenvalue weighted by molar-refractivity contribution is 6.11. The number of hydrogen-bond donors (Lipinski definition) is 0. The molecule has 0 aliphatic carbocycles. The van der Waals surface area contributed by atoms with Crippen molar-refractivity contribution in [3.05, 3.63) is 154 Å². The maximum atomic E-state index is 13.9. The standard InChI is InChI=1S/C41H28N2O2/c1-24-10-7-15-31-32-16-8-11-25(2)40(32)43(39(24)31)29-13-9-12-27(21-29)28-18-19-37-35(22-28)41(44)34-20-26(3)33(23-38(34)45-37)30-14-5-6-17-36(30)42-4/h5-23H,1-3H3. The molecule has 0 aliphatic heterocycles. The molecule has 0 bridgehead atoms. The van der Waals surface area contributed by atoms with Crippen molar-refractivity contribution in [2.45, 2.75) is 20.8 Å². The number of aryl methyl sites for hydroxylation is 3. The van der Waals surface area contributed by atoms with E-state index in [0.717, 1.165) is 33.5 Å². The van der Waals surface area contributed by atoms with Crippen molar-refractivity contribution in [1.29, 1.82) is 0 Å². The van der Waals surface area contributed by atoms with E-state index in [-0.39, 0.29) is 5.43 Å². The molecular formula is C41H28N2O2. The summed E-state index contributed by atoms with van der Waals surface area (Å²) < 4.78 is 8.70. The van der Waals surface area contributed by atoms with Crippen LogP contribution in [0.2, 0.25) is 0 Å². The molecule has 0 unspecified atom stereocenters. The lowest BCUT2D eigenvalue weighted by Gasteiger charge is -2.13. The summed E-state index contributed by atoms with van der Waals surface area (Å²) in [7, 11) is 0. The predicted molar refractivity (Wildman–Crippen MR) is 186 cm³/mol. The molecule has 214 valence electrons. The Bertz CT molecular complexity index is 2550. The molecular weight excluding hydrogens is 552 g/mol. The second-order valence-corrected chi connectivity index (χ2v) is 11.8. The molecule has 0 saturated heterocycles. The Kier molecular flexibility index (Phi) is 5.98. The van der Waals surface area contributed by atoms with Gasteiger partial charge in [0.1, 0.15) is 11.2 Å². The Morgan fingerprint density at radius 2 is 1.24 bits per heavy atom. The van der Waals surface area contributed by atoms with Crippen LogP contribution < -0.4 is 5.43 Å². The van der Waals surface area contributed by atoms with Gasteiger partial charge in [0.2, 0.25) is 5.43 Å². The minimum Gasteiger partial charge on any atom is -0.456 e. The van der Waals surface area contributed by atoms with Crippen molar-refractivity contribution >= 4 is 49.4 Å². The maximum absolute atomic E-state index is 13.9. The summed E-state index contributed by atoms with van der Waals surface area (Å²) in [6.07, 6.45) is 0. The van der Waals surface area contributed by atoms with Gasteiger partial charge >= 0.3 is 0 Å². The molecule has 4 nitrogen and oxygen atoms in total. The van der Waals surface area contributed by atoms with Gasteiger partial charge in [-0.3, -0.25) is 4.79 Å². The van der Waals surface area contributed by atoms with Crippen LogP contribution in [0.15, 0.2) is 124 Å². The first-order chi connectivity index (χ1) is 21.9. The normalized spacial score (nSPS) is 11.5. The second kappa shape index (κ2) is 10.1. The van der Waals surface area contributed by atoms with Crippen LogP contribution in [0.25, 0.3) is 76.5 Å². The predicted octanol–water partition coefficient (Wildman–Crippen LogP) is 10.9. The molecule has 0 radical (unpaired) electrons. The summed E-state index contributed by atoms with van der Waals surface area (Å²) in [5, 5.41) is 3.56. The lowest BCUT2D eigenvalue weighted by atomic mass is 9.96. The zero-order valence-electron chi connectivity index (χ0n) is 25.2. The Hall–Kier alpha value is -5.92. The van der Waals surface area contributed by atoms with Crippen LogP contribution in [0.5, 0.6) is 0 Å². The number of nitrogens with zero attached hydrogens (tertiary/aromatic N) is 2. The van der Waals surface area contributed by atoms with Crippen molar-refractivity contribution in [2.24, 2.45) is 0 Å². The highest BCUT2D eigenvalue weighted by Gasteiger charge is 2.17. The van der Waals surface area contributed by atoms with Crippen LogP contribution in [-0.4, -0.2) is 4.57 Å². The highest BCUT2D eigenvalue weighted by atomic mass is 16.3. The first-order valence-corrected chi connectivity index (χ1v) is 15.0. The summed E-state index contributed by atoms with van der Waals surface area (Å²) in [4.78, 5) is 17.6. The zero-order chi connectivity index (χ0) is 30.8. The van der Waals surface area contributed by atoms with Crippen molar-refractivity contribution in [1.82, 2.24) is 4.57 Å². The van der Waals surface area contributed by atoms with E-state index in [2.05, 4.69) is 83.9 Å². The summed E-state index contributed by atoms with van der Waals surface area (Å²) in [5.74, 6) is 0. The summed E-state index contributed by atoms with van der Waals surface area (Å²) >= 11 is 0. The van der Waals surface area contributed by atoms with Crippen molar-refractivity contribution in [3.63, 3.8) is 0 Å². The molecule has 0 spiro atoms. The number of rotatable bonds is 3. The zero-order valence-corrected chi connectivity index (χ0v) is 25.2. The minimum atomic E-state index is -0.0639. The van der Waals surface area contributed by atoms with Gasteiger partial charge in [-0.25, -0.2) is 4.85 Å². The molecule has 0 saturated carbocycles. The van der Waals surface area contributed by atoms with Gasteiger partial charge in [-0.2, -0.15) is 0 Å². The lowest BCUT2D eigenvalue weighted by Crippen LogP contribution is -2.03. The van der Waals surface area contributed by atoms with Crippen LogP contribution in [0.4, 0.5) is 5.69 Å². The van der Waals surface area contributed by atoms with E-state index in [1.54, 1.807) is 0 Å². The molecule has 0 atom stereocenters. The van der Waals surface area contributed by atoms with E-state index in [1.807, 2.05) is 61.5 Å². The third-order valence-electron chi connectivity index (χ3n) is 8.98. The van der Waals surface area contributed by atoms with Crippen LogP contribution in [0.3, 0.4) is 0 Å². The van der Waals surface area contributed by atoms with Crippen LogP contribution in [0.1, 0.15) is 16.7 Å². The Labute approximate surface area is 260 Å². The molecule has 2 aromatic heterocycles. The third kappa shape index (κ3) is 4.09. The quantitative estimate of drug-likeness (QED) is 0.154. The van der Waals surface area contributed by atoms with Gasteiger partial charge in [0, 0.05) is 16.5 Å². The summed E-state index contributed by atoms with van der Waals surface area (Å²) in [6.45, 7) is 13.9. The summed E-state index contributed by atoms with van der Waals surface area (Å²) in [5.41, 5.74) is 12.1. The molecule has 0 aliphatic rings.